The van der Waals surface area contributed by atoms with Gasteiger partial charge >= 0.3 is 0 Å². The zero-order valence-electron chi connectivity index (χ0n) is 20.2. The number of nitrogens with two attached hydrogens (primary N) is 1. The van der Waals surface area contributed by atoms with Gasteiger partial charge in [-0.1, -0.05) is 18.2 Å². The lowest BCUT2D eigenvalue weighted by Gasteiger charge is -2.34. The van der Waals surface area contributed by atoms with Gasteiger partial charge in [-0.3, -0.25) is 24.6 Å². The van der Waals surface area contributed by atoms with Crippen molar-refractivity contribution in [1.82, 2.24) is 14.9 Å². The summed E-state index contributed by atoms with van der Waals surface area (Å²) in [6.07, 6.45) is 6.41. The molecule has 3 N–H and O–H groups in total. The minimum absolute atomic E-state index is 0.0348. The predicted octanol–water partition coefficient (Wildman–Crippen LogP) is 2.89. The number of piperidine rings is 1. The first-order valence-electron chi connectivity index (χ1n) is 12.0. The summed E-state index contributed by atoms with van der Waals surface area (Å²) in [6.45, 7) is 5.75. The molecule has 11 heteroatoms. The highest BCUT2D eigenvalue weighted by Crippen LogP contribution is 2.30. The minimum Gasteiger partial charge on any atom is -0.357 e. The Morgan fingerprint density at radius 2 is 1.97 bits per heavy atom. The number of aromatic nitrogens is 2. The molecule has 1 aromatic carbocycles. The number of carbonyl (C=O) groups is 2. The lowest BCUT2D eigenvalue weighted by atomic mass is 9.94. The second-order valence-electron chi connectivity index (χ2n) is 8.89. The Balaban J connectivity index is 1.30. The first-order valence-corrected chi connectivity index (χ1v) is 12.0. The van der Waals surface area contributed by atoms with Crippen LogP contribution in [0.2, 0.25) is 0 Å². The molecule has 0 radical (unpaired) electrons. The predicted molar refractivity (Wildman–Crippen MR) is 141 cm³/mol. The topological polar surface area (TPSA) is 123 Å². The van der Waals surface area contributed by atoms with E-state index in [2.05, 4.69) is 38.7 Å². The van der Waals surface area contributed by atoms with E-state index in [1.54, 1.807) is 0 Å². The highest BCUT2D eigenvalue weighted by Gasteiger charge is 2.34. The SMILES string of the molecule is C=N/C=C\N(N)c1ncc(F)c2c(C(=O)C(=O)N3CCC(C4=NCCN4c4ccccc4)CC3)c[nH]c12. The Kier molecular flexibility index (Phi) is 6.78. The normalized spacial score (nSPS) is 16.4. The van der Waals surface area contributed by atoms with Crippen molar-refractivity contribution in [2.75, 3.05) is 36.1 Å². The first kappa shape index (κ1) is 24.3. The van der Waals surface area contributed by atoms with Crippen LogP contribution in [-0.4, -0.2) is 65.3 Å². The van der Waals surface area contributed by atoms with Gasteiger partial charge in [0.25, 0.3) is 11.7 Å². The fraction of sp³-hybridized carbons (Fsp3) is 0.269. The standard InChI is InChI=1S/C26H27FN8O2/c1-29-9-14-35(28)25-22-21(20(27)16-32-25)19(15-31-22)23(36)26(37)33-11-7-17(8-12-33)24-30-10-13-34(24)18-5-3-2-4-6-18/h2-6,9,14-17,31H,1,7-8,10-13,28H2/b14-9-. The van der Waals surface area contributed by atoms with Crippen molar-refractivity contribution in [3.63, 3.8) is 0 Å². The Morgan fingerprint density at radius 3 is 2.70 bits per heavy atom. The van der Waals surface area contributed by atoms with Gasteiger partial charge in [0.05, 0.1) is 29.2 Å². The monoisotopic (exact) mass is 502 g/mol. The van der Waals surface area contributed by atoms with Crippen LogP contribution in [0.5, 0.6) is 0 Å². The molecule has 2 aliphatic rings. The van der Waals surface area contributed by atoms with Crippen LogP contribution in [-0.2, 0) is 4.79 Å². The summed E-state index contributed by atoms with van der Waals surface area (Å²) in [6, 6.07) is 10.1. The van der Waals surface area contributed by atoms with Crippen LogP contribution in [0, 0.1) is 11.7 Å². The summed E-state index contributed by atoms with van der Waals surface area (Å²) in [5.41, 5.74) is 1.25. The summed E-state index contributed by atoms with van der Waals surface area (Å²) < 4.78 is 14.8. The first-order chi connectivity index (χ1) is 18.0. The van der Waals surface area contributed by atoms with E-state index in [4.69, 9.17) is 10.8 Å². The van der Waals surface area contributed by atoms with E-state index in [1.807, 2.05) is 18.2 Å². The number of benzene rings is 1. The van der Waals surface area contributed by atoms with Gasteiger partial charge in [0.2, 0.25) is 0 Å². The number of hydrazine groups is 1. The number of H-pyrrole nitrogens is 1. The molecular formula is C26H27FN8O2. The highest BCUT2D eigenvalue weighted by atomic mass is 19.1. The number of Topliss-reactive ketones (excluding diaryl/α,β-unsaturated/α-hetero) is 1. The number of carbonyl (C=O) groups excluding carboxylic acids is 2. The van der Waals surface area contributed by atoms with Crippen molar-refractivity contribution in [2.24, 2.45) is 21.7 Å². The molecule has 1 saturated heterocycles. The van der Waals surface area contributed by atoms with Crippen LogP contribution in [0.25, 0.3) is 10.9 Å². The van der Waals surface area contributed by atoms with Crippen molar-refractivity contribution in [3.8, 4) is 0 Å². The van der Waals surface area contributed by atoms with E-state index in [-0.39, 0.29) is 28.2 Å². The molecule has 4 heterocycles. The number of aromatic amines is 1. The molecule has 2 aromatic heterocycles. The fourth-order valence-corrected chi connectivity index (χ4v) is 4.94. The Morgan fingerprint density at radius 1 is 1.22 bits per heavy atom. The van der Waals surface area contributed by atoms with Crippen molar-refractivity contribution in [1.29, 1.82) is 0 Å². The lowest BCUT2D eigenvalue weighted by Crippen LogP contribution is -2.45. The summed E-state index contributed by atoms with van der Waals surface area (Å²) in [5.74, 6) is 5.19. The average Bonchev–Trinajstić information content (AvgIpc) is 3.60. The Labute approximate surface area is 213 Å². The number of rotatable bonds is 7. The van der Waals surface area contributed by atoms with E-state index >= 15 is 0 Å². The van der Waals surface area contributed by atoms with Crippen LogP contribution in [0.1, 0.15) is 23.2 Å². The van der Waals surface area contributed by atoms with Gasteiger partial charge in [0.1, 0.15) is 5.84 Å². The quantitative estimate of drug-likeness (QED) is 0.168. The molecule has 0 atom stereocenters. The molecule has 0 bridgehead atoms. The number of likely N-dealkylation sites (tertiary alicyclic amines) is 1. The van der Waals surface area contributed by atoms with Gasteiger partial charge in [-0.05, 0) is 31.7 Å². The number of anilines is 2. The van der Waals surface area contributed by atoms with Gasteiger partial charge < -0.3 is 14.8 Å². The molecule has 1 fully saturated rings. The maximum Gasteiger partial charge on any atom is 0.295 e. The van der Waals surface area contributed by atoms with Crippen molar-refractivity contribution in [2.45, 2.75) is 12.8 Å². The fourth-order valence-electron chi connectivity index (χ4n) is 4.94. The number of ketones is 1. The van der Waals surface area contributed by atoms with E-state index in [9.17, 15) is 14.0 Å². The van der Waals surface area contributed by atoms with Crippen molar-refractivity contribution >= 4 is 46.7 Å². The number of fused-ring (bicyclic) bond motifs is 1. The molecule has 0 saturated carbocycles. The van der Waals surface area contributed by atoms with E-state index in [0.29, 0.717) is 25.9 Å². The third-order valence-electron chi connectivity index (χ3n) is 6.75. The molecule has 10 nitrogen and oxygen atoms in total. The molecule has 0 spiro atoms. The second kappa shape index (κ2) is 10.3. The number of amides is 1. The highest BCUT2D eigenvalue weighted by molar-refractivity contribution is 6.45. The third-order valence-corrected chi connectivity index (χ3v) is 6.75. The van der Waals surface area contributed by atoms with Gasteiger partial charge in [-0.2, -0.15) is 0 Å². The zero-order valence-corrected chi connectivity index (χ0v) is 20.2. The lowest BCUT2D eigenvalue weighted by molar-refractivity contribution is -0.127. The largest absolute Gasteiger partial charge is 0.357 e. The number of pyridine rings is 1. The number of para-hydroxylation sites is 1. The molecular weight excluding hydrogens is 475 g/mol. The number of hydrogen-bond acceptors (Lipinski definition) is 8. The van der Waals surface area contributed by atoms with Gasteiger partial charge in [-0.25, -0.2) is 15.2 Å². The summed E-state index contributed by atoms with van der Waals surface area (Å²) in [7, 11) is 0. The number of amidine groups is 1. The molecule has 0 aliphatic carbocycles. The third kappa shape index (κ3) is 4.60. The maximum atomic E-state index is 14.8. The Bertz CT molecular complexity index is 1390. The number of nitrogens with zero attached hydrogens (tertiary/aromatic N) is 6. The maximum absolute atomic E-state index is 14.8. The number of aliphatic imine (C=N–C) groups is 2. The molecule has 37 heavy (non-hydrogen) atoms. The molecule has 5 rings (SSSR count). The molecule has 2 aliphatic heterocycles. The van der Waals surface area contributed by atoms with Crippen LogP contribution < -0.4 is 15.8 Å². The van der Waals surface area contributed by atoms with Crippen LogP contribution in [0.15, 0.2) is 65.1 Å². The number of halogens is 1. The van der Waals surface area contributed by atoms with Crippen molar-refractivity contribution in [3.05, 3.63) is 66.5 Å². The van der Waals surface area contributed by atoms with E-state index in [0.717, 1.165) is 35.8 Å². The molecule has 0 unspecified atom stereocenters. The molecule has 1 amide bonds. The van der Waals surface area contributed by atoms with E-state index in [1.165, 1.54) is 23.5 Å². The van der Waals surface area contributed by atoms with Crippen LogP contribution in [0.3, 0.4) is 0 Å². The Hall–Kier alpha value is -4.38. The van der Waals surface area contributed by atoms with Gasteiger partial charge in [-0.15, -0.1) is 0 Å². The summed E-state index contributed by atoms with van der Waals surface area (Å²) in [4.78, 5) is 45.3. The summed E-state index contributed by atoms with van der Waals surface area (Å²) in [5, 5.41) is 1.09. The van der Waals surface area contributed by atoms with Gasteiger partial charge in [0, 0.05) is 49.8 Å². The van der Waals surface area contributed by atoms with E-state index < -0.39 is 17.5 Å². The molecule has 190 valence electrons. The van der Waals surface area contributed by atoms with Crippen LogP contribution in [0.4, 0.5) is 15.9 Å². The van der Waals surface area contributed by atoms with Gasteiger partial charge in [0.15, 0.2) is 11.6 Å². The minimum atomic E-state index is -0.781. The number of nitrogens with one attached hydrogen (secondary N) is 1. The van der Waals surface area contributed by atoms with Crippen molar-refractivity contribution < 1.29 is 14.0 Å². The second-order valence-corrected chi connectivity index (χ2v) is 8.89. The summed E-state index contributed by atoms with van der Waals surface area (Å²) >= 11 is 0. The zero-order chi connectivity index (χ0) is 25.9. The van der Waals surface area contributed by atoms with Crippen LogP contribution >= 0.6 is 0 Å². The number of hydrogen-bond donors (Lipinski definition) is 2. The smallest absolute Gasteiger partial charge is 0.295 e. The average molecular weight is 503 g/mol. The molecule has 3 aromatic rings.